The number of anilines is 1. The summed E-state index contributed by atoms with van der Waals surface area (Å²) in [6, 6.07) is 5.98. The molecule has 0 aliphatic carbocycles. The van der Waals surface area contributed by atoms with Gasteiger partial charge in [-0.1, -0.05) is 116 Å². The lowest BCUT2D eigenvalue weighted by Crippen LogP contribution is -2.30. The second kappa shape index (κ2) is 21.7. The van der Waals surface area contributed by atoms with Crippen molar-refractivity contribution in [2.75, 3.05) is 30.2 Å². The molecule has 0 spiro atoms. The Balaban J connectivity index is 1.37. The Kier molecular flexibility index (Phi) is 19.3. The maximum Gasteiger partial charge on any atom is 0.353 e. The van der Waals surface area contributed by atoms with E-state index in [2.05, 4.69) is 35.7 Å². The topological polar surface area (TPSA) is 125 Å². The second-order valence-corrected chi connectivity index (χ2v) is 20.7. The summed E-state index contributed by atoms with van der Waals surface area (Å²) in [5.74, 6) is 2.09. The molecule has 2 aromatic rings. The van der Waals surface area contributed by atoms with Crippen molar-refractivity contribution in [1.82, 2.24) is 19.5 Å². The van der Waals surface area contributed by atoms with Crippen molar-refractivity contribution in [3.8, 4) is 0 Å². The van der Waals surface area contributed by atoms with Gasteiger partial charge in [0.1, 0.15) is 18.2 Å². The summed E-state index contributed by atoms with van der Waals surface area (Å²) in [5.41, 5.74) is 6.96. The summed E-state index contributed by atoms with van der Waals surface area (Å²) in [6.07, 6.45) is 18.8. The van der Waals surface area contributed by atoms with E-state index in [-0.39, 0.29) is 19.1 Å². The molecule has 12 heteroatoms. The molecule has 0 amide bonds. The van der Waals surface area contributed by atoms with Gasteiger partial charge in [0.2, 0.25) is 0 Å². The third kappa shape index (κ3) is 15.2. The third-order valence-corrected chi connectivity index (χ3v) is 16.9. The lowest BCUT2D eigenvalue weighted by molar-refractivity contribution is 0.0724. The van der Waals surface area contributed by atoms with E-state index >= 15 is 0 Å². The molecule has 0 radical (unpaired) electrons. The number of hydrogen-bond donors (Lipinski definition) is 2. The number of ether oxygens (including phenoxy) is 1. The Bertz CT molecular complexity index is 1050. The quantitative estimate of drug-likeness (QED) is 0.0550. The minimum absolute atomic E-state index is 0.247. The SMILES string of the molecule is CC[Si](CC)(CC)CCCCCCCCCCCCCCSCCOP(=O)(O)CO[C@H](C)Cn1cnc2c(N)ncnc21. The predicted octanol–water partition coefficient (Wildman–Crippen LogP) is 8.90. The molecule has 2 aromatic heterocycles. The maximum atomic E-state index is 12.3. The molecule has 0 aliphatic rings. The highest BCUT2D eigenvalue weighted by atomic mass is 32.2. The fourth-order valence-electron chi connectivity index (χ4n) is 5.71. The molecule has 0 aromatic carbocycles. The second-order valence-electron chi connectivity index (χ2n) is 12.1. The summed E-state index contributed by atoms with van der Waals surface area (Å²) in [6.45, 7) is 9.77. The molecular weight excluding hydrogens is 597 g/mol. The molecule has 2 atom stereocenters. The number of aromatic nitrogens is 4. The molecule has 2 rings (SSSR count). The smallest absolute Gasteiger partial charge is 0.353 e. The van der Waals surface area contributed by atoms with Crippen molar-refractivity contribution < 1.29 is 18.7 Å². The first-order chi connectivity index (χ1) is 20.8. The highest BCUT2D eigenvalue weighted by Gasteiger charge is 2.25. The third-order valence-electron chi connectivity index (χ3n) is 8.92. The zero-order chi connectivity index (χ0) is 31.4. The minimum Gasteiger partial charge on any atom is -0.382 e. The van der Waals surface area contributed by atoms with Gasteiger partial charge in [-0.3, -0.25) is 4.57 Å². The van der Waals surface area contributed by atoms with Gasteiger partial charge >= 0.3 is 7.60 Å². The van der Waals surface area contributed by atoms with E-state index in [1.165, 1.54) is 102 Å². The molecule has 1 unspecified atom stereocenters. The molecule has 43 heavy (non-hydrogen) atoms. The first-order valence-electron chi connectivity index (χ1n) is 16.8. The van der Waals surface area contributed by atoms with Crippen LogP contribution in [0.2, 0.25) is 24.2 Å². The Morgan fingerprint density at radius 2 is 1.49 bits per heavy atom. The molecule has 0 saturated carbocycles. The van der Waals surface area contributed by atoms with Crippen LogP contribution in [0.3, 0.4) is 0 Å². The van der Waals surface area contributed by atoms with Crippen LogP contribution in [0.5, 0.6) is 0 Å². The van der Waals surface area contributed by atoms with Gasteiger partial charge < -0.3 is 24.5 Å². The van der Waals surface area contributed by atoms with Crippen LogP contribution in [-0.2, 0) is 20.4 Å². The zero-order valence-electron chi connectivity index (χ0n) is 27.5. The summed E-state index contributed by atoms with van der Waals surface area (Å²) < 4.78 is 25.0. The number of hydrogen-bond acceptors (Lipinski definition) is 8. The van der Waals surface area contributed by atoms with Crippen molar-refractivity contribution in [1.29, 1.82) is 0 Å². The summed E-state index contributed by atoms with van der Waals surface area (Å²) >= 11 is 1.78. The van der Waals surface area contributed by atoms with Gasteiger partial charge in [0.15, 0.2) is 11.5 Å². The number of nitrogens with two attached hydrogens (primary N) is 1. The highest BCUT2D eigenvalue weighted by Crippen LogP contribution is 2.42. The van der Waals surface area contributed by atoms with Crippen molar-refractivity contribution in [2.24, 2.45) is 0 Å². The number of nitrogens with zero attached hydrogens (tertiary/aromatic N) is 4. The largest absolute Gasteiger partial charge is 0.382 e. The average Bonchev–Trinajstić information content (AvgIpc) is 3.41. The van der Waals surface area contributed by atoms with Gasteiger partial charge in [-0.25, -0.2) is 15.0 Å². The molecule has 2 heterocycles. The Morgan fingerprint density at radius 3 is 2.09 bits per heavy atom. The monoisotopic (exact) mass is 657 g/mol. The number of rotatable bonds is 27. The van der Waals surface area contributed by atoms with Gasteiger partial charge in [0.05, 0.1) is 33.7 Å². The van der Waals surface area contributed by atoms with E-state index < -0.39 is 15.7 Å². The summed E-state index contributed by atoms with van der Waals surface area (Å²) in [4.78, 5) is 22.5. The van der Waals surface area contributed by atoms with Gasteiger partial charge in [0.25, 0.3) is 0 Å². The molecule has 0 bridgehead atoms. The number of imidazole rings is 1. The Labute approximate surface area is 266 Å². The number of nitrogen functional groups attached to an aromatic ring is 1. The standard InChI is InChI=1S/C31H60N5O4PSSi/c1-5-43(6-2,7-3)23-19-17-15-13-11-9-8-10-12-14-16-18-21-42-22-20-40-41(37,38)27-39-28(4)24-36-26-35-29-30(32)33-25-34-31(29)36/h25-26,28H,5-24,27H2,1-4H3,(H,37,38)(H2,32,33,34)/t28-/m1/s1. The normalized spacial score (nSPS) is 14.3. The van der Waals surface area contributed by atoms with Crippen molar-refractivity contribution in [3.63, 3.8) is 0 Å². The molecule has 9 nitrogen and oxygen atoms in total. The van der Waals surface area contributed by atoms with Crippen molar-refractivity contribution >= 4 is 44.4 Å². The van der Waals surface area contributed by atoms with Crippen LogP contribution in [0.1, 0.15) is 105 Å². The fourth-order valence-corrected chi connectivity index (χ4v) is 11.1. The molecular formula is C31H60N5O4PSSi. The van der Waals surface area contributed by atoms with Gasteiger partial charge in [-0.15, -0.1) is 0 Å². The van der Waals surface area contributed by atoms with E-state index in [0.717, 1.165) is 5.75 Å². The first-order valence-corrected chi connectivity index (χ1v) is 22.6. The van der Waals surface area contributed by atoms with Crippen LogP contribution in [0.25, 0.3) is 11.2 Å². The number of unbranched alkanes of at least 4 members (excludes halogenated alkanes) is 11. The van der Waals surface area contributed by atoms with E-state index in [1.807, 2.05) is 6.92 Å². The van der Waals surface area contributed by atoms with Crippen LogP contribution in [-0.4, -0.2) is 63.1 Å². The van der Waals surface area contributed by atoms with E-state index in [4.69, 9.17) is 15.0 Å². The van der Waals surface area contributed by atoms with E-state index in [1.54, 1.807) is 28.7 Å². The molecule has 0 saturated heterocycles. The highest BCUT2D eigenvalue weighted by molar-refractivity contribution is 7.99. The molecule has 0 aliphatic heterocycles. The summed E-state index contributed by atoms with van der Waals surface area (Å²) in [7, 11) is -4.69. The Morgan fingerprint density at radius 1 is 0.907 bits per heavy atom. The Hall–Kier alpha value is -0.973. The van der Waals surface area contributed by atoms with Crippen molar-refractivity contribution in [2.45, 2.75) is 142 Å². The van der Waals surface area contributed by atoms with Gasteiger partial charge in [0, 0.05) is 5.75 Å². The van der Waals surface area contributed by atoms with E-state index in [9.17, 15) is 9.46 Å². The zero-order valence-corrected chi connectivity index (χ0v) is 30.2. The van der Waals surface area contributed by atoms with Crippen LogP contribution in [0.4, 0.5) is 5.82 Å². The van der Waals surface area contributed by atoms with Gasteiger partial charge in [-0.05, 0) is 19.1 Å². The predicted molar refractivity (Wildman–Crippen MR) is 186 cm³/mol. The fraction of sp³-hybridized carbons (Fsp3) is 0.839. The number of thioether (sulfide) groups is 1. The van der Waals surface area contributed by atoms with E-state index in [0.29, 0.717) is 29.3 Å². The lowest BCUT2D eigenvalue weighted by Gasteiger charge is -2.28. The maximum absolute atomic E-state index is 12.3. The lowest BCUT2D eigenvalue weighted by atomic mass is 10.1. The van der Waals surface area contributed by atoms with Gasteiger partial charge in [-0.2, -0.15) is 11.8 Å². The number of fused-ring (bicyclic) bond motifs is 1. The van der Waals surface area contributed by atoms with Crippen LogP contribution < -0.4 is 5.73 Å². The minimum atomic E-state index is -3.80. The van der Waals surface area contributed by atoms with Crippen LogP contribution >= 0.6 is 19.4 Å². The van der Waals surface area contributed by atoms with Crippen molar-refractivity contribution in [3.05, 3.63) is 12.7 Å². The van der Waals surface area contributed by atoms with Crippen LogP contribution in [0, 0.1) is 0 Å². The first kappa shape index (κ1) is 38.2. The molecule has 3 N–H and O–H groups in total. The summed E-state index contributed by atoms with van der Waals surface area (Å²) in [5, 5.41) is 0. The molecule has 248 valence electrons. The van der Waals surface area contributed by atoms with Crippen LogP contribution in [0.15, 0.2) is 12.7 Å². The molecule has 0 fully saturated rings. The average molecular weight is 658 g/mol.